The predicted octanol–water partition coefficient (Wildman–Crippen LogP) is -6.88. The van der Waals surface area contributed by atoms with Crippen LogP contribution in [0.4, 0.5) is 0 Å². The summed E-state index contributed by atoms with van der Waals surface area (Å²) in [4.78, 5) is 53.3. The summed E-state index contributed by atoms with van der Waals surface area (Å²) in [5.74, 6) is -5.99. The number of carbonyl (C=O) groups is 5. The Morgan fingerprint density at radius 2 is 0.944 bits per heavy atom. The number of rotatable bonds is 11. The summed E-state index contributed by atoms with van der Waals surface area (Å²) < 4.78 is 49.4. The van der Waals surface area contributed by atoms with Crippen LogP contribution in [0.5, 0.6) is 0 Å². The van der Waals surface area contributed by atoms with Gasteiger partial charge < -0.3 is 60.8 Å². The Balaban J connectivity index is -0.0000000872. The fourth-order valence-corrected chi connectivity index (χ4v) is 1.48. The summed E-state index contributed by atoms with van der Waals surface area (Å²) in [6.07, 6.45) is 0. The van der Waals surface area contributed by atoms with Gasteiger partial charge in [-0.1, -0.05) is 0 Å². The van der Waals surface area contributed by atoms with E-state index < -0.39 is 76.4 Å². The second kappa shape index (κ2) is 29.8. The maximum atomic E-state index is 10.6. The number of carboxylic acid groups (broad SMARTS) is 5. The molecule has 20 nitrogen and oxygen atoms in total. The molecule has 0 amide bonds. The topological polar surface area (TPSA) is 390 Å². The van der Waals surface area contributed by atoms with Gasteiger partial charge >= 0.3 is 53.4 Å². The molecular formula is C12H29N4NaO16S3. The van der Waals surface area contributed by atoms with Crippen molar-refractivity contribution in [2.45, 2.75) is 6.92 Å². The summed E-state index contributed by atoms with van der Waals surface area (Å²) in [6.45, 7) is -1.28. The van der Waals surface area contributed by atoms with Crippen molar-refractivity contribution in [2.24, 2.45) is 0 Å². The molecular weight excluding hydrogens is 575 g/mol. The first-order chi connectivity index (χ1) is 14.7. The third-order valence-electron chi connectivity index (χ3n) is 2.17. The molecule has 0 aromatic carbocycles. The van der Waals surface area contributed by atoms with Crippen LogP contribution in [0.2, 0.25) is 0 Å². The van der Waals surface area contributed by atoms with Crippen molar-refractivity contribution >= 4 is 61.4 Å². The Kier molecular flexibility index (Phi) is 42.4. The van der Waals surface area contributed by atoms with Crippen molar-refractivity contribution in [2.75, 3.05) is 39.3 Å². The number of aliphatic carboxylic acids is 5. The van der Waals surface area contributed by atoms with Gasteiger partial charge in [0.05, 0.1) is 46.6 Å². The van der Waals surface area contributed by atoms with E-state index in [1.165, 1.54) is 0 Å². The van der Waals surface area contributed by atoms with E-state index in [4.69, 9.17) is 57.0 Å². The fraction of sp³-hybridized carbons (Fsp3) is 0.583. The number of hydrogen-bond acceptors (Lipinski definition) is 13. The summed E-state index contributed by atoms with van der Waals surface area (Å²) in [7, 11) is -4.08. The van der Waals surface area contributed by atoms with Crippen molar-refractivity contribution in [1.29, 1.82) is 0 Å². The Morgan fingerprint density at radius 1 is 0.833 bits per heavy atom. The molecule has 0 aliphatic heterocycles. The van der Waals surface area contributed by atoms with Crippen LogP contribution in [0, 0.1) is 0 Å². The van der Waals surface area contributed by atoms with Crippen LogP contribution in [-0.2, 0) is 55.6 Å². The van der Waals surface area contributed by atoms with E-state index in [1.807, 2.05) is 0 Å². The quantitative estimate of drug-likeness (QED) is 0.0801. The first kappa shape index (κ1) is 51.2. The second-order valence-electron chi connectivity index (χ2n) is 5.13. The zero-order valence-corrected chi connectivity index (χ0v) is 24.1. The second-order valence-corrected chi connectivity index (χ2v) is 7.69. The van der Waals surface area contributed by atoms with E-state index in [9.17, 15) is 19.2 Å². The van der Waals surface area contributed by atoms with Gasteiger partial charge in [0.2, 0.25) is 0 Å². The van der Waals surface area contributed by atoms with Gasteiger partial charge in [0.25, 0.3) is 0 Å². The van der Waals surface area contributed by atoms with Gasteiger partial charge in [-0.15, -0.1) is 0 Å². The van der Waals surface area contributed by atoms with Crippen LogP contribution in [0.3, 0.4) is 0 Å². The molecule has 0 heterocycles. The summed E-state index contributed by atoms with van der Waals surface area (Å²) in [5.41, 5.74) is 0. The molecule has 0 aliphatic carbocycles. The minimum Gasteiger partial charge on any atom is -0.750 e. The Hall–Kier alpha value is -1.45. The van der Waals surface area contributed by atoms with Crippen LogP contribution >= 0.6 is 0 Å². The van der Waals surface area contributed by atoms with Gasteiger partial charge in [0, 0.05) is 19.1 Å². The molecule has 0 aromatic rings. The van der Waals surface area contributed by atoms with E-state index in [0.29, 0.717) is 0 Å². The number of carboxylic acids is 5. The van der Waals surface area contributed by atoms with E-state index >= 15 is 0 Å². The molecule has 2 atom stereocenters. The van der Waals surface area contributed by atoms with Gasteiger partial charge in [-0.3, -0.25) is 29.0 Å². The predicted molar refractivity (Wildman–Crippen MR) is 117 cm³/mol. The Bertz CT molecular complexity index is 673. The zero-order chi connectivity index (χ0) is 27.4. The molecule has 0 bridgehead atoms. The fourth-order valence-electron chi connectivity index (χ4n) is 1.48. The van der Waals surface area contributed by atoms with E-state index in [1.54, 1.807) is 0 Å². The minimum atomic E-state index is -4.08. The average Bonchev–Trinajstić information content (AvgIpc) is 2.47. The molecule has 0 saturated carbocycles. The summed E-state index contributed by atoms with van der Waals surface area (Å²) in [5, 5.41) is 43.4. The normalized spacial score (nSPS) is 11.3. The van der Waals surface area contributed by atoms with Gasteiger partial charge in [0.1, 0.15) is 0 Å². The zero-order valence-electron chi connectivity index (χ0n) is 19.6. The molecule has 0 rings (SSSR count). The van der Waals surface area contributed by atoms with E-state index in [-0.39, 0.29) is 54.9 Å². The van der Waals surface area contributed by atoms with Gasteiger partial charge in [0.15, 0.2) is 0 Å². The summed E-state index contributed by atoms with van der Waals surface area (Å²) >= 11 is 0.493. The average molecular weight is 605 g/mol. The number of carbonyl (C=O) groups excluding carboxylic acids is 1. The number of quaternary nitrogens is 2. The maximum absolute atomic E-state index is 10.6. The minimum absolute atomic E-state index is 0. The molecule has 0 aliphatic rings. The standard InChI is InChI=1S/C10H16N2O8.C2H4O2.2H3N.Na.H2O3S2.H2O3S/c13-7(14)3-11(4-8(15)16)1-2-12(5-9(17)18)6-10(19)20;1-2(3)4;;;;1-5(2,3)4;1-4(2)3/h1-6H2,(H,13,14)(H,15,16)(H,17,18)(H,19,20);1H3,(H,3,4);2*1H3;;(H2,1,2,3,4);(H2,1,2,3)/q;;;;+1;;/p-1. The molecule has 24 heteroatoms. The van der Waals surface area contributed by atoms with Gasteiger partial charge in [-0.2, -0.15) is 0 Å². The van der Waals surface area contributed by atoms with Crippen LogP contribution in [0.25, 0.3) is 0 Å². The van der Waals surface area contributed by atoms with Crippen molar-refractivity contribution in [3.05, 3.63) is 0 Å². The molecule has 212 valence electrons. The third kappa shape index (κ3) is 84.8. The molecule has 2 unspecified atom stereocenters. The molecule has 0 aromatic heterocycles. The number of nitrogens with zero attached hydrogens (tertiary/aromatic N) is 2. The maximum Gasteiger partial charge on any atom is 1.00 e. The van der Waals surface area contributed by atoms with Crippen LogP contribution in [-0.4, -0.2) is 126 Å². The van der Waals surface area contributed by atoms with E-state index in [0.717, 1.165) is 16.7 Å². The van der Waals surface area contributed by atoms with Crippen LogP contribution in [0.15, 0.2) is 0 Å². The van der Waals surface area contributed by atoms with E-state index in [2.05, 4.69) is 11.2 Å². The first-order valence-electron chi connectivity index (χ1n) is 7.63. The monoisotopic (exact) mass is 604 g/mol. The molecule has 0 spiro atoms. The molecule has 0 saturated heterocycles. The van der Waals surface area contributed by atoms with Gasteiger partial charge in [-0.05, 0) is 18.1 Å². The SMILES string of the molecule is CC(=O)[O-].O=C(O)CN(CCN(CC(=O)O)CC(=O)O)CC(=O)O.O=S([O-])(O)=S.O=S([O-])O.[NH4+].[NH4+].[Na+]. The van der Waals surface area contributed by atoms with Gasteiger partial charge in [-0.25, -0.2) is 8.42 Å². The van der Waals surface area contributed by atoms with Crippen molar-refractivity contribution in [3.8, 4) is 0 Å². The van der Waals surface area contributed by atoms with Crippen molar-refractivity contribution in [1.82, 2.24) is 22.1 Å². The summed E-state index contributed by atoms with van der Waals surface area (Å²) in [6, 6.07) is 0. The largest absolute Gasteiger partial charge is 1.00 e. The Labute approximate surface area is 234 Å². The molecule has 0 radical (unpaired) electrons. The number of hydrogen-bond donors (Lipinski definition) is 8. The molecule has 14 N–H and O–H groups in total. The molecule has 0 fully saturated rings. The van der Waals surface area contributed by atoms with Crippen LogP contribution < -0.4 is 47.0 Å². The smallest absolute Gasteiger partial charge is 0.750 e. The van der Waals surface area contributed by atoms with Crippen molar-refractivity contribution in [3.63, 3.8) is 0 Å². The third-order valence-corrected chi connectivity index (χ3v) is 2.17. The molecule has 36 heavy (non-hydrogen) atoms. The first-order valence-corrected chi connectivity index (χ1v) is 11.0. The Morgan fingerprint density at radius 3 is 1.03 bits per heavy atom. The van der Waals surface area contributed by atoms with Crippen molar-refractivity contribution < 1.29 is 106 Å². The van der Waals surface area contributed by atoms with Crippen LogP contribution in [0.1, 0.15) is 6.92 Å².